The van der Waals surface area contributed by atoms with E-state index in [2.05, 4.69) is 0 Å². The molecule has 0 radical (unpaired) electrons. The number of nitrogens with zero attached hydrogens (tertiary/aromatic N) is 1. The molecule has 0 saturated heterocycles. The normalized spacial score (nSPS) is 14.1. The molecule has 0 bridgehead atoms. The van der Waals surface area contributed by atoms with Crippen LogP contribution in [0.3, 0.4) is 0 Å². The Balaban J connectivity index is 2.65. The molecular weight excluding hydrogens is 221 g/mol. The summed E-state index contributed by atoms with van der Waals surface area (Å²) in [5, 5.41) is 0. The Morgan fingerprint density at radius 1 is 1.47 bits per heavy atom. The standard InChI is InChI=1S/C12H18FN3O/c1-12(15,11(14)17)7-8-16(2)10-6-4-3-5-9(10)13/h3-6H,7-8,15H2,1-2H3,(H2,14,17). The average molecular weight is 239 g/mol. The molecule has 0 fully saturated rings. The number of hydrogen-bond donors (Lipinski definition) is 2. The molecule has 0 aromatic heterocycles. The number of amides is 1. The highest BCUT2D eigenvalue weighted by molar-refractivity contribution is 5.83. The van der Waals surface area contributed by atoms with Crippen molar-refractivity contribution >= 4 is 11.6 Å². The van der Waals surface area contributed by atoms with Crippen LogP contribution in [0, 0.1) is 5.82 Å². The van der Waals surface area contributed by atoms with Gasteiger partial charge in [0.25, 0.3) is 0 Å². The molecule has 0 saturated carbocycles. The predicted octanol–water partition coefficient (Wildman–Crippen LogP) is 0.855. The minimum absolute atomic E-state index is 0.298. The second-order valence-electron chi connectivity index (χ2n) is 4.40. The SMILES string of the molecule is CN(CCC(C)(N)C(N)=O)c1ccccc1F. The van der Waals surface area contributed by atoms with Crippen LogP contribution in [0.15, 0.2) is 24.3 Å². The fourth-order valence-electron chi connectivity index (χ4n) is 1.40. The van der Waals surface area contributed by atoms with E-state index in [0.29, 0.717) is 18.7 Å². The Hall–Kier alpha value is -1.62. The number of carbonyl (C=O) groups is 1. The van der Waals surface area contributed by atoms with Crippen molar-refractivity contribution in [1.29, 1.82) is 0 Å². The third-order valence-corrected chi connectivity index (χ3v) is 2.79. The first-order chi connectivity index (χ1) is 7.84. The summed E-state index contributed by atoms with van der Waals surface area (Å²) in [6.07, 6.45) is 0.368. The molecule has 0 spiro atoms. The lowest BCUT2D eigenvalue weighted by Crippen LogP contribution is -2.51. The number of benzene rings is 1. The molecule has 1 atom stereocenters. The minimum Gasteiger partial charge on any atom is -0.372 e. The number of anilines is 1. The van der Waals surface area contributed by atoms with Crippen molar-refractivity contribution in [3.8, 4) is 0 Å². The van der Waals surface area contributed by atoms with Gasteiger partial charge in [0.1, 0.15) is 5.82 Å². The van der Waals surface area contributed by atoms with E-state index >= 15 is 0 Å². The molecule has 5 heteroatoms. The van der Waals surface area contributed by atoms with E-state index in [1.54, 1.807) is 37.1 Å². The highest BCUT2D eigenvalue weighted by atomic mass is 19.1. The lowest BCUT2D eigenvalue weighted by Gasteiger charge is -2.26. The summed E-state index contributed by atoms with van der Waals surface area (Å²) in [6, 6.07) is 6.45. The molecule has 1 aromatic carbocycles. The van der Waals surface area contributed by atoms with Crippen LogP contribution in [0.4, 0.5) is 10.1 Å². The molecule has 4 nitrogen and oxygen atoms in total. The lowest BCUT2D eigenvalue weighted by atomic mass is 9.98. The predicted molar refractivity (Wildman–Crippen MR) is 66.1 cm³/mol. The first kappa shape index (κ1) is 13.4. The van der Waals surface area contributed by atoms with E-state index < -0.39 is 11.4 Å². The molecule has 1 unspecified atom stereocenters. The molecule has 0 aliphatic heterocycles. The molecule has 1 rings (SSSR count). The summed E-state index contributed by atoms with van der Waals surface area (Å²) >= 11 is 0. The largest absolute Gasteiger partial charge is 0.372 e. The smallest absolute Gasteiger partial charge is 0.237 e. The second kappa shape index (κ2) is 5.14. The Bertz CT molecular complexity index is 406. The lowest BCUT2D eigenvalue weighted by molar-refractivity contribution is -0.122. The Morgan fingerprint density at radius 2 is 2.06 bits per heavy atom. The van der Waals surface area contributed by atoms with Crippen molar-refractivity contribution < 1.29 is 9.18 Å². The number of halogens is 1. The number of nitrogens with two attached hydrogens (primary N) is 2. The molecule has 0 aliphatic rings. The molecule has 4 N–H and O–H groups in total. The van der Waals surface area contributed by atoms with Crippen LogP contribution in [0.1, 0.15) is 13.3 Å². The highest BCUT2D eigenvalue weighted by Gasteiger charge is 2.25. The van der Waals surface area contributed by atoms with Gasteiger partial charge in [-0.3, -0.25) is 4.79 Å². The highest BCUT2D eigenvalue weighted by Crippen LogP contribution is 2.18. The number of carbonyl (C=O) groups excluding carboxylic acids is 1. The maximum absolute atomic E-state index is 13.5. The summed E-state index contributed by atoms with van der Waals surface area (Å²) in [6.45, 7) is 2.03. The number of para-hydroxylation sites is 1. The molecule has 1 aromatic rings. The fourth-order valence-corrected chi connectivity index (χ4v) is 1.40. The van der Waals surface area contributed by atoms with Crippen molar-refractivity contribution in [1.82, 2.24) is 0 Å². The van der Waals surface area contributed by atoms with Gasteiger partial charge in [0.2, 0.25) is 5.91 Å². The van der Waals surface area contributed by atoms with E-state index in [0.717, 1.165) is 0 Å². The van der Waals surface area contributed by atoms with E-state index in [-0.39, 0.29) is 5.82 Å². The van der Waals surface area contributed by atoms with Gasteiger partial charge in [0.05, 0.1) is 11.2 Å². The zero-order valence-electron chi connectivity index (χ0n) is 10.1. The quantitative estimate of drug-likeness (QED) is 0.800. The Morgan fingerprint density at radius 3 is 2.59 bits per heavy atom. The topological polar surface area (TPSA) is 72.3 Å². The summed E-state index contributed by atoms with van der Waals surface area (Å²) in [4.78, 5) is 12.8. The minimum atomic E-state index is -1.07. The number of primary amides is 1. The summed E-state index contributed by atoms with van der Waals surface area (Å²) in [5.41, 5.74) is 10.3. The van der Waals surface area contributed by atoms with Crippen LogP contribution in [-0.4, -0.2) is 25.0 Å². The number of hydrogen-bond acceptors (Lipinski definition) is 3. The maximum Gasteiger partial charge on any atom is 0.237 e. The van der Waals surface area contributed by atoms with Gasteiger partial charge in [-0.1, -0.05) is 12.1 Å². The first-order valence-electron chi connectivity index (χ1n) is 5.39. The molecule has 1 amide bonds. The van der Waals surface area contributed by atoms with Crippen LogP contribution >= 0.6 is 0 Å². The van der Waals surface area contributed by atoms with Gasteiger partial charge in [0, 0.05) is 13.6 Å². The van der Waals surface area contributed by atoms with Crippen molar-refractivity contribution in [2.75, 3.05) is 18.5 Å². The summed E-state index contributed by atoms with van der Waals surface area (Å²) in [7, 11) is 1.75. The zero-order chi connectivity index (χ0) is 13.1. The van der Waals surface area contributed by atoms with Gasteiger partial charge in [-0.25, -0.2) is 4.39 Å². The van der Waals surface area contributed by atoms with Crippen LogP contribution in [0.25, 0.3) is 0 Å². The van der Waals surface area contributed by atoms with Gasteiger partial charge >= 0.3 is 0 Å². The Labute approximate surface area is 100 Å². The van der Waals surface area contributed by atoms with Crippen molar-refractivity contribution in [3.63, 3.8) is 0 Å². The molecule has 0 aliphatic carbocycles. The van der Waals surface area contributed by atoms with Crippen LogP contribution in [0.5, 0.6) is 0 Å². The van der Waals surface area contributed by atoms with E-state index in [9.17, 15) is 9.18 Å². The van der Waals surface area contributed by atoms with E-state index in [1.807, 2.05) is 0 Å². The van der Waals surface area contributed by atoms with Gasteiger partial charge < -0.3 is 16.4 Å². The zero-order valence-corrected chi connectivity index (χ0v) is 10.1. The average Bonchev–Trinajstić information content (AvgIpc) is 2.26. The monoisotopic (exact) mass is 239 g/mol. The van der Waals surface area contributed by atoms with Crippen LogP contribution in [-0.2, 0) is 4.79 Å². The van der Waals surface area contributed by atoms with Crippen LogP contribution in [0.2, 0.25) is 0 Å². The molecule has 17 heavy (non-hydrogen) atoms. The van der Waals surface area contributed by atoms with E-state index in [1.165, 1.54) is 6.07 Å². The molecular formula is C12H18FN3O. The van der Waals surface area contributed by atoms with Gasteiger partial charge in [-0.05, 0) is 25.5 Å². The first-order valence-corrected chi connectivity index (χ1v) is 5.39. The van der Waals surface area contributed by atoms with Gasteiger partial charge in [-0.2, -0.15) is 0 Å². The number of rotatable bonds is 5. The summed E-state index contributed by atoms with van der Waals surface area (Å²) < 4.78 is 13.5. The summed E-state index contributed by atoms with van der Waals surface area (Å²) in [5.74, 6) is -0.854. The second-order valence-corrected chi connectivity index (χ2v) is 4.40. The third kappa shape index (κ3) is 3.42. The third-order valence-electron chi connectivity index (χ3n) is 2.79. The fraction of sp³-hybridized carbons (Fsp3) is 0.417. The maximum atomic E-state index is 13.5. The van der Waals surface area contributed by atoms with E-state index in [4.69, 9.17) is 11.5 Å². The molecule has 0 heterocycles. The van der Waals surface area contributed by atoms with Crippen molar-refractivity contribution in [3.05, 3.63) is 30.1 Å². The van der Waals surface area contributed by atoms with Gasteiger partial charge in [-0.15, -0.1) is 0 Å². The van der Waals surface area contributed by atoms with Crippen LogP contribution < -0.4 is 16.4 Å². The molecule has 94 valence electrons. The van der Waals surface area contributed by atoms with Gasteiger partial charge in [0.15, 0.2) is 0 Å². The Kier molecular flexibility index (Phi) is 4.07. The van der Waals surface area contributed by atoms with Crippen molar-refractivity contribution in [2.45, 2.75) is 18.9 Å². The van der Waals surface area contributed by atoms with Crippen molar-refractivity contribution in [2.24, 2.45) is 11.5 Å².